The summed E-state index contributed by atoms with van der Waals surface area (Å²) in [5.74, 6) is -0.273. The van der Waals surface area contributed by atoms with Crippen LogP contribution in [0.25, 0.3) is 0 Å². The third-order valence-corrected chi connectivity index (χ3v) is 5.77. The van der Waals surface area contributed by atoms with Crippen molar-refractivity contribution in [3.8, 4) is 0 Å². The highest BCUT2D eigenvalue weighted by atomic mass is 16.6. The second-order valence-corrected chi connectivity index (χ2v) is 8.31. The van der Waals surface area contributed by atoms with Crippen LogP contribution in [0.1, 0.15) is 117 Å². The van der Waals surface area contributed by atoms with Crippen LogP contribution in [0.3, 0.4) is 0 Å². The standard InChI is InChI=1S/C24H45NO4/c1-3-5-6-7-8-9-10-11-12-13-14-15-16-17-21-29-23(26)22-19-18-20-25(22)24(27)28-4-2/h22H,3-21H2,1-2H3. The Hall–Kier alpha value is -1.26. The van der Waals surface area contributed by atoms with Crippen LogP contribution in [-0.2, 0) is 14.3 Å². The topological polar surface area (TPSA) is 55.8 Å². The van der Waals surface area contributed by atoms with Crippen molar-refractivity contribution in [1.82, 2.24) is 4.90 Å². The Morgan fingerprint density at radius 1 is 0.759 bits per heavy atom. The number of nitrogens with zero attached hydrogens (tertiary/aromatic N) is 1. The van der Waals surface area contributed by atoms with Gasteiger partial charge in [0.2, 0.25) is 0 Å². The average molecular weight is 412 g/mol. The molecule has 0 spiro atoms. The molecule has 0 radical (unpaired) electrons. The van der Waals surface area contributed by atoms with E-state index >= 15 is 0 Å². The maximum absolute atomic E-state index is 12.2. The van der Waals surface area contributed by atoms with Crippen LogP contribution in [0, 0.1) is 0 Å². The normalized spacial score (nSPS) is 16.2. The summed E-state index contributed by atoms with van der Waals surface area (Å²) < 4.78 is 10.4. The van der Waals surface area contributed by atoms with Gasteiger partial charge in [0.15, 0.2) is 0 Å². The van der Waals surface area contributed by atoms with Gasteiger partial charge in [-0.05, 0) is 26.2 Å². The van der Waals surface area contributed by atoms with Gasteiger partial charge >= 0.3 is 12.1 Å². The summed E-state index contributed by atoms with van der Waals surface area (Å²) in [4.78, 5) is 25.6. The molecule has 0 bridgehead atoms. The summed E-state index contributed by atoms with van der Waals surface area (Å²) in [6.45, 7) is 5.42. The van der Waals surface area contributed by atoms with E-state index in [0.29, 0.717) is 26.2 Å². The van der Waals surface area contributed by atoms with E-state index in [4.69, 9.17) is 9.47 Å². The number of amides is 1. The van der Waals surface area contributed by atoms with Gasteiger partial charge in [-0.25, -0.2) is 9.59 Å². The van der Waals surface area contributed by atoms with Crippen LogP contribution in [0.5, 0.6) is 0 Å². The molecule has 29 heavy (non-hydrogen) atoms. The monoisotopic (exact) mass is 411 g/mol. The van der Waals surface area contributed by atoms with Gasteiger partial charge in [-0.15, -0.1) is 0 Å². The fourth-order valence-electron chi connectivity index (χ4n) is 4.00. The fraction of sp³-hybridized carbons (Fsp3) is 0.917. The minimum atomic E-state index is -0.458. The van der Waals surface area contributed by atoms with Crippen molar-refractivity contribution in [2.24, 2.45) is 0 Å². The smallest absolute Gasteiger partial charge is 0.410 e. The molecule has 0 N–H and O–H groups in total. The molecule has 170 valence electrons. The van der Waals surface area contributed by atoms with Crippen LogP contribution >= 0.6 is 0 Å². The van der Waals surface area contributed by atoms with Crippen molar-refractivity contribution in [1.29, 1.82) is 0 Å². The van der Waals surface area contributed by atoms with Crippen molar-refractivity contribution < 1.29 is 19.1 Å². The van der Waals surface area contributed by atoms with Gasteiger partial charge in [0, 0.05) is 6.54 Å². The maximum Gasteiger partial charge on any atom is 0.410 e. The minimum absolute atomic E-state index is 0.273. The molecule has 5 nitrogen and oxygen atoms in total. The number of esters is 1. The van der Waals surface area contributed by atoms with Crippen molar-refractivity contribution in [2.45, 2.75) is 123 Å². The molecule has 1 aliphatic heterocycles. The van der Waals surface area contributed by atoms with Crippen LogP contribution in [0.15, 0.2) is 0 Å². The molecule has 5 heteroatoms. The van der Waals surface area contributed by atoms with Crippen LogP contribution < -0.4 is 0 Å². The van der Waals surface area contributed by atoms with E-state index in [-0.39, 0.29) is 5.97 Å². The molecule has 1 heterocycles. The number of rotatable bonds is 17. The Morgan fingerprint density at radius 3 is 1.79 bits per heavy atom. The number of ether oxygens (including phenoxy) is 2. The van der Waals surface area contributed by atoms with Crippen molar-refractivity contribution >= 4 is 12.1 Å². The van der Waals surface area contributed by atoms with Gasteiger partial charge in [0.05, 0.1) is 13.2 Å². The minimum Gasteiger partial charge on any atom is -0.464 e. The zero-order valence-corrected chi connectivity index (χ0v) is 19.1. The molecular weight excluding hydrogens is 366 g/mol. The zero-order valence-electron chi connectivity index (χ0n) is 19.1. The quantitative estimate of drug-likeness (QED) is 0.199. The Labute approximate surface area is 178 Å². The number of hydrogen-bond acceptors (Lipinski definition) is 4. The second-order valence-electron chi connectivity index (χ2n) is 8.31. The summed E-state index contributed by atoms with van der Waals surface area (Å²) in [5, 5.41) is 0. The lowest BCUT2D eigenvalue weighted by Crippen LogP contribution is -2.41. The van der Waals surface area contributed by atoms with Gasteiger partial charge in [0.25, 0.3) is 0 Å². The number of likely N-dealkylation sites (tertiary alicyclic amines) is 1. The van der Waals surface area contributed by atoms with Gasteiger partial charge in [-0.1, -0.05) is 90.4 Å². The summed E-state index contributed by atoms with van der Waals surface area (Å²) in [6, 6.07) is -0.458. The Bertz CT molecular complexity index is 427. The van der Waals surface area contributed by atoms with E-state index < -0.39 is 12.1 Å². The van der Waals surface area contributed by atoms with E-state index in [1.807, 2.05) is 0 Å². The second kappa shape index (κ2) is 17.6. The third kappa shape index (κ3) is 12.1. The first-order chi connectivity index (χ1) is 14.2. The van der Waals surface area contributed by atoms with E-state index in [2.05, 4.69) is 6.92 Å². The molecular formula is C24H45NO4. The molecule has 0 aliphatic carbocycles. The van der Waals surface area contributed by atoms with E-state index in [1.54, 1.807) is 6.92 Å². The van der Waals surface area contributed by atoms with Crippen LogP contribution in [0.2, 0.25) is 0 Å². The molecule has 0 aromatic heterocycles. The number of hydrogen-bond donors (Lipinski definition) is 0. The Balaban J connectivity index is 1.90. The van der Waals surface area contributed by atoms with Gasteiger partial charge in [-0.2, -0.15) is 0 Å². The molecule has 0 saturated carbocycles. The van der Waals surface area contributed by atoms with E-state index in [1.165, 1.54) is 81.9 Å². The van der Waals surface area contributed by atoms with Gasteiger partial charge < -0.3 is 9.47 Å². The SMILES string of the molecule is CCCCCCCCCCCCCCCCOC(=O)C1CCCN1C(=O)OCC. The predicted octanol–water partition coefficient (Wildman–Crippen LogP) is 6.63. The van der Waals surface area contributed by atoms with Crippen LogP contribution in [-0.4, -0.2) is 42.8 Å². The molecule has 0 aromatic rings. The number of carbonyl (C=O) groups excluding carboxylic acids is 2. The average Bonchev–Trinajstić information content (AvgIpc) is 3.21. The molecule has 1 amide bonds. The molecule has 1 unspecified atom stereocenters. The first-order valence-electron chi connectivity index (χ1n) is 12.3. The third-order valence-electron chi connectivity index (χ3n) is 5.77. The van der Waals surface area contributed by atoms with Crippen molar-refractivity contribution in [2.75, 3.05) is 19.8 Å². The van der Waals surface area contributed by atoms with Crippen LogP contribution in [0.4, 0.5) is 4.79 Å². The molecule has 1 fully saturated rings. The Morgan fingerprint density at radius 2 is 1.28 bits per heavy atom. The Kier molecular flexibility index (Phi) is 15.6. The number of carbonyl (C=O) groups is 2. The van der Waals surface area contributed by atoms with Gasteiger partial charge in [0.1, 0.15) is 6.04 Å². The lowest BCUT2D eigenvalue weighted by atomic mass is 10.0. The fourth-order valence-corrected chi connectivity index (χ4v) is 4.00. The first-order valence-corrected chi connectivity index (χ1v) is 12.3. The highest BCUT2D eigenvalue weighted by Crippen LogP contribution is 2.20. The summed E-state index contributed by atoms with van der Waals surface area (Å²) in [6.07, 6.45) is 19.5. The summed E-state index contributed by atoms with van der Waals surface area (Å²) >= 11 is 0. The van der Waals surface area contributed by atoms with Crippen molar-refractivity contribution in [3.05, 3.63) is 0 Å². The van der Waals surface area contributed by atoms with E-state index in [9.17, 15) is 9.59 Å². The molecule has 0 aromatic carbocycles. The largest absolute Gasteiger partial charge is 0.464 e. The summed E-state index contributed by atoms with van der Waals surface area (Å²) in [7, 11) is 0. The first kappa shape index (κ1) is 25.8. The maximum atomic E-state index is 12.2. The highest BCUT2D eigenvalue weighted by molar-refractivity contribution is 5.82. The molecule has 1 aliphatic rings. The molecule has 1 atom stereocenters. The van der Waals surface area contributed by atoms with Crippen molar-refractivity contribution in [3.63, 3.8) is 0 Å². The lowest BCUT2D eigenvalue weighted by molar-refractivity contribution is -0.148. The predicted molar refractivity (Wildman–Crippen MR) is 118 cm³/mol. The number of unbranched alkanes of at least 4 members (excludes halogenated alkanes) is 13. The van der Waals surface area contributed by atoms with E-state index in [0.717, 1.165) is 19.3 Å². The van der Waals surface area contributed by atoms with Gasteiger partial charge in [-0.3, -0.25) is 4.90 Å². The molecule has 1 rings (SSSR count). The highest BCUT2D eigenvalue weighted by Gasteiger charge is 2.36. The lowest BCUT2D eigenvalue weighted by Gasteiger charge is -2.22. The zero-order chi connectivity index (χ0) is 21.2. The molecule has 1 saturated heterocycles. The summed E-state index contributed by atoms with van der Waals surface area (Å²) in [5.41, 5.74) is 0.